The molecule has 3 N–H and O–H groups in total. The zero-order chi connectivity index (χ0) is 18.0. The van der Waals surface area contributed by atoms with Gasteiger partial charge in [-0.2, -0.15) is 0 Å². The maximum atomic E-state index is 12.5. The van der Waals surface area contributed by atoms with Crippen LogP contribution in [0.3, 0.4) is 0 Å². The Kier molecular flexibility index (Phi) is 4.74. The first kappa shape index (κ1) is 17.0. The fourth-order valence-electron chi connectivity index (χ4n) is 3.48. The summed E-state index contributed by atoms with van der Waals surface area (Å²) in [5.74, 6) is -1.01. The highest BCUT2D eigenvalue weighted by Crippen LogP contribution is 2.36. The summed E-state index contributed by atoms with van der Waals surface area (Å²) >= 11 is 0. The Hall–Kier alpha value is -2.82. The lowest BCUT2D eigenvalue weighted by Gasteiger charge is -2.33. The van der Waals surface area contributed by atoms with Crippen molar-refractivity contribution >= 4 is 17.6 Å². The number of hydrogen-bond acceptors (Lipinski definition) is 3. The Morgan fingerprint density at radius 1 is 1.20 bits per heavy atom. The number of nitrogens with one attached hydrogen (secondary N) is 2. The van der Waals surface area contributed by atoms with E-state index in [9.17, 15) is 14.7 Å². The third kappa shape index (κ3) is 3.82. The van der Waals surface area contributed by atoms with Gasteiger partial charge in [0.1, 0.15) is 6.04 Å². The van der Waals surface area contributed by atoms with Crippen LogP contribution >= 0.6 is 0 Å². The molecule has 5 heteroatoms. The van der Waals surface area contributed by atoms with Crippen molar-refractivity contribution in [2.75, 3.05) is 5.32 Å². The summed E-state index contributed by atoms with van der Waals surface area (Å²) in [5, 5.41) is 15.5. The van der Waals surface area contributed by atoms with Gasteiger partial charge in [0, 0.05) is 17.7 Å². The number of carbonyl (C=O) groups excluding carboxylic acids is 1. The molecule has 5 nitrogen and oxygen atoms in total. The van der Waals surface area contributed by atoms with Crippen LogP contribution in [0.2, 0.25) is 0 Å². The molecule has 2 aromatic rings. The van der Waals surface area contributed by atoms with Crippen molar-refractivity contribution in [1.82, 2.24) is 5.32 Å². The standard InChI is InChI=1S/C20H22N2O3/c1-12-8-13(2)19-15(9-12)21-17(20(24)25)11-16(19)22-18(23)10-14-6-4-3-5-7-14/h3-9,16-17,21H,10-11H2,1-2H3,(H,22,23)(H,24,25)/t16-,17+/m0/s1. The van der Waals surface area contributed by atoms with Gasteiger partial charge in [-0.15, -0.1) is 0 Å². The average molecular weight is 338 g/mol. The van der Waals surface area contributed by atoms with Gasteiger partial charge in [-0.3, -0.25) is 4.79 Å². The van der Waals surface area contributed by atoms with Crippen molar-refractivity contribution in [3.63, 3.8) is 0 Å². The number of aliphatic carboxylic acids is 1. The number of benzene rings is 2. The third-order valence-corrected chi connectivity index (χ3v) is 4.52. The van der Waals surface area contributed by atoms with E-state index in [1.54, 1.807) is 0 Å². The van der Waals surface area contributed by atoms with E-state index < -0.39 is 12.0 Å². The monoisotopic (exact) mass is 338 g/mol. The Labute approximate surface area is 147 Å². The third-order valence-electron chi connectivity index (χ3n) is 4.52. The Balaban J connectivity index is 1.85. The highest BCUT2D eigenvalue weighted by Gasteiger charge is 2.32. The number of fused-ring (bicyclic) bond motifs is 1. The Morgan fingerprint density at radius 3 is 2.60 bits per heavy atom. The number of hydrogen-bond donors (Lipinski definition) is 3. The van der Waals surface area contributed by atoms with Gasteiger partial charge in [-0.25, -0.2) is 4.79 Å². The van der Waals surface area contributed by atoms with Gasteiger partial charge in [0.2, 0.25) is 5.91 Å². The summed E-state index contributed by atoms with van der Waals surface area (Å²) in [6, 6.07) is 12.5. The predicted octanol–water partition coefficient (Wildman–Crippen LogP) is 2.97. The maximum Gasteiger partial charge on any atom is 0.326 e. The molecule has 0 spiro atoms. The van der Waals surface area contributed by atoms with Crippen molar-refractivity contribution < 1.29 is 14.7 Å². The second-order valence-electron chi connectivity index (χ2n) is 6.60. The van der Waals surface area contributed by atoms with Crippen LogP contribution in [0.15, 0.2) is 42.5 Å². The molecule has 1 aliphatic heterocycles. The van der Waals surface area contributed by atoms with Gasteiger partial charge in [0.25, 0.3) is 0 Å². The van der Waals surface area contributed by atoms with Crippen LogP contribution in [0, 0.1) is 13.8 Å². The van der Waals surface area contributed by atoms with Gasteiger partial charge in [-0.1, -0.05) is 36.4 Å². The topological polar surface area (TPSA) is 78.4 Å². The summed E-state index contributed by atoms with van der Waals surface area (Å²) in [6.07, 6.45) is 0.607. The van der Waals surface area contributed by atoms with E-state index in [0.29, 0.717) is 6.42 Å². The molecule has 2 atom stereocenters. The van der Waals surface area contributed by atoms with Gasteiger partial charge < -0.3 is 15.7 Å². The van der Waals surface area contributed by atoms with Crippen molar-refractivity contribution in [3.8, 4) is 0 Å². The lowest BCUT2D eigenvalue weighted by Crippen LogP contribution is -2.41. The molecule has 0 radical (unpaired) electrons. The minimum Gasteiger partial charge on any atom is -0.480 e. The lowest BCUT2D eigenvalue weighted by molar-refractivity contribution is -0.138. The minimum absolute atomic E-state index is 0.104. The van der Waals surface area contributed by atoms with Gasteiger partial charge >= 0.3 is 5.97 Å². The first-order valence-corrected chi connectivity index (χ1v) is 8.38. The molecule has 130 valence electrons. The summed E-state index contributed by atoms with van der Waals surface area (Å²) in [5.41, 5.74) is 4.82. The minimum atomic E-state index is -0.910. The first-order chi connectivity index (χ1) is 11.9. The van der Waals surface area contributed by atoms with Crippen LogP contribution in [0.1, 0.15) is 34.7 Å². The van der Waals surface area contributed by atoms with Crippen molar-refractivity contribution in [2.24, 2.45) is 0 Å². The summed E-state index contributed by atoms with van der Waals surface area (Å²) < 4.78 is 0. The van der Waals surface area contributed by atoms with Crippen LogP contribution < -0.4 is 10.6 Å². The second kappa shape index (κ2) is 6.97. The molecule has 0 saturated heterocycles. The van der Waals surface area contributed by atoms with E-state index in [1.807, 2.05) is 50.2 Å². The molecule has 25 heavy (non-hydrogen) atoms. The zero-order valence-corrected chi connectivity index (χ0v) is 14.4. The number of carboxylic acids is 1. The van der Waals surface area contributed by atoms with Gasteiger partial charge in [-0.05, 0) is 36.6 Å². The SMILES string of the molecule is Cc1cc(C)c2c(c1)N[C@@H](C(=O)O)C[C@@H]2NC(=O)Cc1ccccc1. The molecule has 0 aliphatic carbocycles. The predicted molar refractivity (Wildman–Crippen MR) is 96.6 cm³/mol. The molecular weight excluding hydrogens is 316 g/mol. The van der Waals surface area contributed by atoms with E-state index in [1.165, 1.54) is 0 Å². The fourth-order valence-corrected chi connectivity index (χ4v) is 3.48. The fraction of sp³-hybridized carbons (Fsp3) is 0.300. The van der Waals surface area contributed by atoms with Gasteiger partial charge in [0.05, 0.1) is 12.5 Å². The maximum absolute atomic E-state index is 12.5. The number of rotatable bonds is 4. The normalized spacial score (nSPS) is 18.8. The van der Waals surface area contributed by atoms with E-state index in [4.69, 9.17) is 0 Å². The Morgan fingerprint density at radius 2 is 1.92 bits per heavy atom. The smallest absolute Gasteiger partial charge is 0.326 e. The highest BCUT2D eigenvalue weighted by atomic mass is 16.4. The molecule has 0 unspecified atom stereocenters. The summed E-state index contributed by atoms with van der Waals surface area (Å²) in [7, 11) is 0. The Bertz CT molecular complexity index is 802. The van der Waals surface area contributed by atoms with E-state index in [2.05, 4.69) is 16.7 Å². The summed E-state index contributed by atoms with van der Waals surface area (Å²) in [6.45, 7) is 3.97. The van der Waals surface area contributed by atoms with Crippen LogP contribution in [0.5, 0.6) is 0 Å². The van der Waals surface area contributed by atoms with Crippen LogP contribution in [0.25, 0.3) is 0 Å². The molecule has 1 heterocycles. The molecule has 3 rings (SSSR count). The van der Waals surface area contributed by atoms with E-state index in [-0.39, 0.29) is 18.4 Å². The molecule has 1 amide bonds. The molecule has 0 fully saturated rings. The number of carboxylic acid groups (broad SMARTS) is 1. The number of carbonyl (C=O) groups is 2. The number of amides is 1. The number of aryl methyl sites for hydroxylation is 2. The van der Waals surface area contributed by atoms with Crippen LogP contribution in [-0.2, 0) is 16.0 Å². The summed E-state index contributed by atoms with van der Waals surface area (Å²) in [4.78, 5) is 23.9. The first-order valence-electron chi connectivity index (χ1n) is 8.38. The molecular formula is C20H22N2O3. The van der Waals surface area contributed by atoms with Crippen LogP contribution in [-0.4, -0.2) is 23.0 Å². The van der Waals surface area contributed by atoms with E-state index in [0.717, 1.165) is 27.9 Å². The number of anilines is 1. The quantitative estimate of drug-likeness (QED) is 0.801. The highest BCUT2D eigenvalue weighted by molar-refractivity contribution is 5.82. The molecule has 2 aromatic carbocycles. The van der Waals surface area contributed by atoms with Crippen molar-refractivity contribution in [3.05, 3.63) is 64.7 Å². The molecule has 1 aliphatic rings. The molecule has 0 saturated carbocycles. The lowest BCUT2D eigenvalue weighted by atomic mass is 9.88. The van der Waals surface area contributed by atoms with E-state index >= 15 is 0 Å². The van der Waals surface area contributed by atoms with Gasteiger partial charge in [0.15, 0.2) is 0 Å². The molecule has 0 bridgehead atoms. The van der Waals surface area contributed by atoms with Crippen molar-refractivity contribution in [2.45, 2.75) is 38.8 Å². The van der Waals surface area contributed by atoms with Crippen molar-refractivity contribution in [1.29, 1.82) is 0 Å². The second-order valence-corrected chi connectivity index (χ2v) is 6.60. The van der Waals surface area contributed by atoms with Crippen LogP contribution in [0.4, 0.5) is 5.69 Å². The molecule has 0 aromatic heterocycles. The zero-order valence-electron chi connectivity index (χ0n) is 14.4. The average Bonchev–Trinajstić information content (AvgIpc) is 2.54. The largest absolute Gasteiger partial charge is 0.480 e.